The van der Waals surface area contributed by atoms with Crippen molar-refractivity contribution in [2.24, 2.45) is 0 Å². The number of fused-ring (bicyclic) bond motifs is 1. The van der Waals surface area contributed by atoms with E-state index in [9.17, 15) is 14.0 Å². The van der Waals surface area contributed by atoms with Crippen LogP contribution < -0.4 is 5.32 Å². The number of rotatable bonds is 7. The van der Waals surface area contributed by atoms with Crippen LogP contribution in [0.5, 0.6) is 0 Å². The Morgan fingerprint density at radius 2 is 1.88 bits per heavy atom. The van der Waals surface area contributed by atoms with Crippen LogP contribution in [-0.2, 0) is 11.3 Å². The van der Waals surface area contributed by atoms with Crippen molar-refractivity contribution in [2.45, 2.75) is 64.2 Å². The van der Waals surface area contributed by atoms with Crippen LogP contribution in [0.4, 0.5) is 4.39 Å². The molecule has 5 nitrogen and oxygen atoms in total. The van der Waals surface area contributed by atoms with Crippen molar-refractivity contribution in [3.8, 4) is 0 Å². The van der Waals surface area contributed by atoms with E-state index in [-0.39, 0.29) is 23.4 Å². The van der Waals surface area contributed by atoms with Crippen molar-refractivity contribution in [3.63, 3.8) is 0 Å². The van der Waals surface area contributed by atoms with Crippen LogP contribution in [-0.4, -0.2) is 46.8 Å². The maximum atomic E-state index is 13.5. The Labute approximate surface area is 199 Å². The molecule has 2 aromatic rings. The zero-order valence-electron chi connectivity index (χ0n) is 19.2. The first-order valence-corrected chi connectivity index (χ1v) is 12.1. The van der Waals surface area contributed by atoms with Gasteiger partial charge in [0.2, 0.25) is 5.91 Å². The van der Waals surface area contributed by atoms with E-state index < -0.39 is 11.9 Å². The Bertz CT molecular complexity index is 1020. The Morgan fingerprint density at radius 3 is 2.61 bits per heavy atom. The second kappa shape index (κ2) is 10.2. The molecule has 1 fully saturated rings. The molecule has 176 valence electrons. The van der Waals surface area contributed by atoms with Gasteiger partial charge in [-0.3, -0.25) is 14.5 Å². The quantitative estimate of drug-likeness (QED) is 0.581. The highest BCUT2D eigenvalue weighted by Gasteiger charge is 2.41. The van der Waals surface area contributed by atoms with Gasteiger partial charge in [-0.1, -0.05) is 42.3 Å². The fourth-order valence-corrected chi connectivity index (χ4v) is 5.36. The summed E-state index contributed by atoms with van der Waals surface area (Å²) in [6, 6.07) is 11.7. The molecule has 4 rings (SSSR count). The summed E-state index contributed by atoms with van der Waals surface area (Å²) >= 11 is 6.21. The van der Waals surface area contributed by atoms with E-state index >= 15 is 0 Å². The topological polar surface area (TPSA) is 52.7 Å². The number of carbonyl (C=O) groups excluding carboxylic acids is 2. The molecule has 0 bridgehead atoms. The number of piperidine rings is 1. The lowest BCUT2D eigenvalue weighted by Crippen LogP contribution is -2.45. The minimum Gasteiger partial charge on any atom is -0.354 e. The number of nitrogens with one attached hydrogen (secondary N) is 1. The second-order valence-corrected chi connectivity index (χ2v) is 9.58. The number of nitrogens with zero attached hydrogens (tertiary/aromatic N) is 2. The maximum absolute atomic E-state index is 13.5. The van der Waals surface area contributed by atoms with Crippen LogP contribution in [0, 0.1) is 5.82 Å². The summed E-state index contributed by atoms with van der Waals surface area (Å²) in [4.78, 5) is 30.4. The molecule has 3 atom stereocenters. The van der Waals surface area contributed by atoms with Gasteiger partial charge in [-0.2, -0.15) is 0 Å². The van der Waals surface area contributed by atoms with Crippen LogP contribution in [0.1, 0.15) is 67.1 Å². The van der Waals surface area contributed by atoms with E-state index in [0.717, 1.165) is 13.0 Å². The van der Waals surface area contributed by atoms with Crippen molar-refractivity contribution in [2.75, 3.05) is 13.1 Å². The Balaban J connectivity index is 1.44. The lowest BCUT2D eigenvalue weighted by atomic mass is 9.97. The van der Waals surface area contributed by atoms with E-state index in [2.05, 4.69) is 24.1 Å². The summed E-state index contributed by atoms with van der Waals surface area (Å²) < 4.78 is 13.5. The van der Waals surface area contributed by atoms with E-state index in [1.54, 1.807) is 18.2 Å². The van der Waals surface area contributed by atoms with Crippen LogP contribution in [0.15, 0.2) is 42.5 Å². The summed E-state index contributed by atoms with van der Waals surface area (Å²) in [5.41, 5.74) is 1.81. The number of amides is 2. The average molecular weight is 472 g/mol. The zero-order valence-corrected chi connectivity index (χ0v) is 19.9. The maximum Gasteiger partial charge on any atom is 0.255 e. The number of benzene rings is 2. The SMILES string of the molecule is CC1CCCC(C)N1CCCNC(=O)C1c2ccccc2C(=O)N1Cc1ccc(F)cc1Cl. The smallest absolute Gasteiger partial charge is 0.255 e. The van der Waals surface area contributed by atoms with Gasteiger partial charge in [0.1, 0.15) is 11.9 Å². The largest absolute Gasteiger partial charge is 0.354 e. The first-order chi connectivity index (χ1) is 15.9. The van der Waals surface area contributed by atoms with Gasteiger partial charge in [0.05, 0.1) is 0 Å². The molecule has 2 aromatic carbocycles. The summed E-state index contributed by atoms with van der Waals surface area (Å²) in [5.74, 6) is -0.861. The molecule has 1 N–H and O–H groups in total. The monoisotopic (exact) mass is 471 g/mol. The fourth-order valence-electron chi connectivity index (χ4n) is 5.13. The van der Waals surface area contributed by atoms with Gasteiger partial charge in [0, 0.05) is 42.3 Å². The van der Waals surface area contributed by atoms with Gasteiger partial charge in [-0.05, 0) is 62.4 Å². The Morgan fingerprint density at radius 1 is 1.15 bits per heavy atom. The number of halogens is 2. The van der Waals surface area contributed by atoms with Crippen molar-refractivity contribution < 1.29 is 14.0 Å². The van der Waals surface area contributed by atoms with E-state index in [1.807, 2.05) is 12.1 Å². The van der Waals surface area contributed by atoms with Gasteiger partial charge >= 0.3 is 0 Å². The van der Waals surface area contributed by atoms with Crippen molar-refractivity contribution in [1.29, 1.82) is 0 Å². The number of hydrogen-bond donors (Lipinski definition) is 1. The molecule has 2 aliphatic heterocycles. The first kappa shape index (κ1) is 23.7. The number of carbonyl (C=O) groups is 2. The van der Waals surface area contributed by atoms with Gasteiger partial charge in [-0.25, -0.2) is 4.39 Å². The molecule has 0 radical (unpaired) electrons. The Kier molecular flexibility index (Phi) is 7.35. The summed E-state index contributed by atoms with van der Waals surface area (Å²) in [6.45, 7) is 6.17. The molecule has 7 heteroatoms. The van der Waals surface area contributed by atoms with Gasteiger partial charge < -0.3 is 10.2 Å². The van der Waals surface area contributed by atoms with Gasteiger partial charge in [0.25, 0.3) is 5.91 Å². The highest BCUT2D eigenvalue weighted by atomic mass is 35.5. The fraction of sp³-hybridized carbons (Fsp3) is 0.462. The molecular weight excluding hydrogens is 441 g/mol. The predicted molar refractivity (Wildman–Crippen MR) is 128 cm³/mol. The van der Waals surface area contributed by atoms with Crippen LogP contribution in [0.3, 0.4) is 0 Å². The highest BCUT2D eigenvalue weighted by Crippen LogP contribution is 2.36. The lowest BCUT2D eigenvalue weighted by Gasteiger charge is -2.39. The van der Waals surface area contributed by atoms with Gasteiger partial charge in [-0.15, -0.1) is 0 Å². The highest BCUT2D eigenvalue weighted by molar-refractivity contribution is 6.31. The third kappa shape index (κ3) is 5.07. The Hall–Kier alpha value is -2.44. The molecule has 0 saturated carbocycles. The third-order valence-corrected chi connectivity index (χ3v) is 7.28. The normalized spacial score (nSPS) is 23.0. The van der Waals surface area contributed by atoms with Crippen molar-refractivity contribution in [1.82, 2.24) is 15.1 Å². The minimum atomic E-state index is -0.734. The second-order valence-electron chi connectivity index (χ2n) is 9.17. The standard InChI is InChI=1S/C26H31ClFN3O2/c1-17-7-5-8-18(2)30(17)14-6-13-29-25(32)24-21-9-3-4-10-22(21)26(33)31(24)16-19-11-12-20(28)15-23(19)27/h3-4,9-12,15,17-18,24H,5-8,13-14,16H2,1-2H3,(H,29,32). The molecule has 0 aliphatic carbocycles. The van der Waals surface area contributed by atoms with E-state index in [0.29, 0.717) is 35.3 Å². The lowest BCUT2D eigenvalue weighted by molar-refractivity contribution is -0.125. The molecule has 1 saturated heterocycles. The van der Waals surface area contributed by atoms with Gasteiger partial charge in [0.15, 0.2) is 0 Å². The molecule has 33 heavy (non-hydrogen) atoms. The summed E-state index contributed by atoms with van der Waals surface area (Å²) in [6.07, 6.45) is 4.57. The van der Waals surface area contributed by atoms with E-state index in [4.69, 9.17) is 11.6 Å². The van der Waals surface area contributed by atoms with Crippen molar-refractivity contribution >= 4 is 23.4 Å². The minimum absolute atomic E-state index is 0.132. The molecule has 3 unspecified atom stereocenters. The molecule has 2 aliphatic rings. The average Bonchev–Trinajstić information content (AvgIpc) is 3.06. The van der Waals surface area contributed by atoms with Crippen LogP contribution >= 0.6 is 11.6 Å². The molecule has 2 heterocycles. The van der Waals surface area contributed by atoms with E-state index in [1.165, 1.54) is 36.3 Å². The summed E-state index contributed by atoms with van der Waals surface area (Å²) in [5, 5.41) is 3.28. The van der Waals surface area contributed by atoms with Crippen molar-refractivity contribution in [3.05, 3.63) is 70.0 Å². The molecule has 0 spiro atoms. The third-order valence-electron chi connectivity index (χ3n) is 6.93. The number of hydrogen-bond acceptors (Lipinski definition) is 3. The summed E-state index contributed by atoms with van der Waals surface area (Å²) in [7, 11) is 0. The zero-order chi connectivity index (χ0) is 23.5. The molecule has 2 amide bonds. The van der Waals surface area contributed by atoms with Crippen LogP contribution in [0.25, 0.3) is 0 Å². The number of likely N-dealkylation sites (tertiary alicyclic amines) is 1. The molecule has 0 aromatic heterocycles. The van der Waals surface area contributed by atoms with Crippen LogP contribution in [0.2, 0.25) is 5.02 Å². The predicted octanol–water partition coefficient (Wildman–Crippen LogP) is 4.95. The molecular formula is C26H31ClFN3O2. The first-order valence-electron chi connectivity index (χ1n) is 11.7.